The number of nitrogens with zero attached hydrogens (tertiary/aromatic N) is 2. The standard InChI is InChI=1S/C14H22BrN3O2/c1-3-14(4-6-16-7-5-14)13(19)12-11(15)10-17-18(12)8-9-20-2/h10,16H,3-9H2,1-2H3. The van der Waals surface area contributed by atoms with E-state index in [1.807, 2.05) is 0 Å². The molecule has 0 atom stereocenters. The molecule has 0 amide bonds. The number of carbonyl (C=O) groups is 1. The molecule has 1 aliphatic rings. The molecular weight excluding hydrogens is 322 g/mol. The van der Waals surface area contributed by atoms with Crippen LogP contribution in [0.1, 0.15) is 36.7 Å². The third-order valence-corrected chi connectivity index (χ3v) is 4.82. The fourth-order valence-corrected chi connectivity index (χ4v) is 3.31. The monoisotopic (exact) mass is 343 g/mol. The summed E-state index contributed by atoms with van der Waals surface area (Å²) in [6.45, 7) is 5.07. The second kappa shape index (κ2) is 6.83. The zero-order valence-corrected chi connectivity index (χ0v) is 13.7. The van der Waals surface area contributed by atoms with Gasteiger partial charge in [0.1, 0.15) is 5.69 Å². The Morgan fingerprint density at radius 2 is 2.25 bits per heavy atom. The molecule has 1 aromatic heterocycles. The van der Waals surface area contributed by atoms with Gasteiger partial charge in [0.05, 0.1) is 23.8 Å². The predicted molar refractivity (Wildman–Crippen MR) is 81.0 cm³/mol. The van der Waals surface area contributed by atoms with Crippen molar-refractivity contribution in [3.8, 4) is 0 Å². The minimum atomic E-state index is -0.251. The van der Waals surface area contributed by atoms with Crippen LogP contribution in [0, 0.1) is 5.41 Å². The lowest BCUT2D eigenvalue weighted by molar-refractivity contribution is 0.0701. The number of nitrogens with one attached hydrogen (secondary N) is 1. The van der Waals surface area contributed by atoms with Gasteiger partial charge in [-0.3, -0.25) is 9.48 Å². The molecule has 0 radical (unpaired) electrons. The molecule has 112 valence electrons. The van der Waals surface area contributed by atoms with Crippen molar-refractivity contribution < 1.29 is 9.53 Å². The molecule has 0 bridgehead atoms. The second-order valence-corrected chi connectivity index (χ2v) is 6.12. The van der Waals surface area contributed by atoms with Crippen LogP contribution < -0.4 is 5.32 Å². The van der Waals surface area contributed by atoms with Gasteiger partial charge < -0.3 is 10.1 Å². The lowest BCUT2D eigenvalue weighted by atomic mass is 9.72. The molecule has 1 fully saturated rings. The van der Waals surface area contributed by atoms with Gasteiger partial charge in [-0.25, -0.2) is 0 Å². The number of piperidine rings is 1. The van der Waals surface area contributed by atoms with Gasteiger partial charge in [-0.2, -0.15) is 5.10 Å². The van der Waals surface area contributed by atoms with E-state index in [4.69, 9.17) is 4.74 Å². The van der Waals surface area contributed by atoms with Crippen LogP contribution in [0.5, 0.6) is 0 Å². The van der Waals surface area contributed by atoms with Crippen LogP contribution >= 0.6 is 15.9 Å². The number of halogens is 1. The van der Waals surface area contributed by atoms with Crippen molar-refractivity contribution in [2.75, 3.05) is 26.8 Å². The minimum absolute atomic E-state index is 0.210. The number of hydrogen-bond donors (Lipinski definition) is 1. The molecule has 1 aromatic rings. The summed E-state index contributed by atoms with van der Waals surface area (Å²) in [5.74, 6) is 0.210. The van der Waals surface area contributed by atoms with Crippen molar-refractivity contribution in [1.29, 1.82) is 0 Å². The van der Waals surface area contributed by atoms with Crippen LogP contribution in [0.25, 0.3) is 0 Å². The Morgan fingerprint density at radius 1 is 1.55 bits per heavy atom. The highest BCUT2D eigenvalue weighted by Crippen LogP contribution is 2.37. The van der Waals surface area contributed by atoms with Crippen molar-refractivity contribution in [3.63, 3.8) is 0 Å². The Morgan fingerprint density at radius 3 is 2.85 bits per heavy atom. The summed E-state index contributed by atoms with van der Waals surface area (Å²) < 4.78 is 7.63. The largest absolute Gasteiger partial charge is 0.383 e. The predicted octanol–water partition coefficient (Wildman–Crippen LogP) is 2.25. The molecule has 0 unspecified atom stereocenters. The Hall–Kier alpha value is -0.720. The number of aromatic nitrogens is 2. The molecule has 0 aromatic carbocycles. The van der Waals surface area contributed by atoms with Gasteiger partial charge in [0.25, 0.3) is 0 Å². The van der Waals surface area contributed by atoms with Crippen LogP contribution in [0.2, 0.25) is 0 Å². The van der Waals surface area contributed by atoms with Crippen molar-refractivity contribution in [1.82, 2.24) is 15.1 Å². The van der Waals surface area contributed by atoms with E-state index >= 15 is 0 Å². The first-order valence-electron chi connectivity index (χ1n) is 7.10. The highest BCUT2D eigenvalue weighted by atomic mass is 79.9. The Kier molecular flexibility index (Phi) is 5.35. The quantitative estimate of drug-likeness (QED) is 0.805. The topological polar surface area (TPSA) is 56.2 Å². The summed E-state index contributed by atoms with van der Waals surface area (Å²) in [5, 5.41) is 7.62. The van der Waals surface area contributed by atoms with Crippen LogP contribution in [-0.2, 0) is 11.3 Å². The van der Waals surface area contributed by atoms with Gasteiger partial charge in [0.2, 0.25) is 0 Å². The first-order valence-corrected chi connectivity index (χ1v) is 7.89. The van der Waals surface area contributed by atoms with E-state index in [0.29, 0.717) is 18.8 Å². The smallest absolute Gasteiger partial charge is 0.188 e. The summed E-state index contributed by atoms with van der Waals surface area (Å²) in [5.41, 5.74) is 0.435. The number of carbonyl (C=O) groups excluding carboxylic acids is 1. The van der Waals surface area contributed by atoms with E-state index in [-0.39, 0.29) is 11.2 Å². The molecule has 5 nitrogen and oxygen atoms in total. The summed E-state index contributed by atoms with van der Waals surface area (Å²) in [6, 6.07) is 0. The molecule has 2 rings (SSSR count). The third-order valence-electron chi connectivity index (χ3n) is 4.24. The van der Waals surface area contributed by atoms with Gasteiger partial charge >= 0.3 is 0 Å². The number of Topliss-reactive ketones (excluding diaryl/α,β-unsaturated/α-hetero) is 1. The molecule has 2 heterocycles. The van der Waals surface area contributed by atoms with Crippen molar-refractivity contribution >= 4 is 21.7 Å². The summed E-state index contributed by atoms with van der Waals surface area (Å²) >= 11 is 3.47. The van der Waals surface area contributed by atoms with Crippen LogP contribution in [0.15, 0.2) is 10.7 Å². The first kappa shape index (κ1) is 15.7. The molecule has 0 spiro atoms. The highest BCUT2D eigenvalue weighted by Gasteiger charge is 2.40. The van der Waals surface area contributed by atoms with E-state index in [1.165, 1.54) is 0 Å². The molecule has 1 N–H and O–H groups in total. The van der Waals surface area contributed by atoms with Crippen molar-refractivity contribution in [3.05, 3.63) is 16.4 Å². The summed E-state index contributed by atoms with van der Waals surface area (Å²) in [4.78, 5) is 13.1. The average molecular weight is 344 g/mol. The summed E-state index contributed by atoms with van der Waals surface area (Å²) in [6.07, 6.45) is 4.36. The number of hydrogen-bond acceptors (Lipinski definition) is 4. The Labute approximate surface area is 128 Å². The van der Waals surface area contributed by atoms with E-state index in [2.05, 4.69) is 33.3 Å². The lowest BCUT2D eigenvalue weighted by Gasteiger charge is -2.35. The zero-order chi connectivity index (χ0) is 14.6. The summed E-state index contributed by atoms with van der Waals surface area (Å²) in [7, 11) is 1.65. The second-order valence-electron chi connectivity index (χ2n) is 5.27. The number of rotatable bonds is 6. The fraction of sp³-hybridized carbons (Fsp3) is 0.714. The van der Waals surface area contributed by atoms with Crippen LogP contribution in [0.3, 0.4) is 0 Å². The molecule has 0 aliphatic carbocycles. The normalized spacial score (nSPS) is 18.1. The average Bonchev–Trinajstić information content (AvgIpc) is 2.85. The highest BCUT2D eigenvalue weighted by molar-refractivity contribution is 9.10. The van der Waals surface area contributed by atoms with Gasteiger partial charge in [-0.05, 0) is 48.3 Å². The van der Waals surface area contributed by atoms with Crippen LogP contribution in [0.4, 0.5) is 0 Å². The lowest BCUT2D eigenvalue weighted by Crippen LogP contribution is -2.42. The fourth-order valence-electron chi connectivity index (χ4n) is 2.83. The van der Waals surface area contributed by atoms with Gasteiger partial charge in [0.15, 0.2) is 5.78 Å². The van der Waals surface area contributed by atoms with Gasteiger partial charge in [-0.1, -0.05) is 6.92 Å². The van der Waals surface area contributed by atoms with E-state index < -0.39 is 0 Å². The number of ether oxygens (including phenoxy) is 1. The van der Waals surface area contributed by atoms with E-state index in [0.717, 1.165) is 36.8 Å². The first-order chi connectivity index (χ1) is 9.64. The molecular formula is C14H22BrN3O2. The Balaban J connectivity index is 2.29. The maximum atomic E-state index is 13.1. The molecule has 6 heteroatoms. The number of methoxy groups -OCH3 is 1. The SMILES string of the molecule is CCC1(C(=O)c2c(Br)cnn2CCOC)CCNCC1. The van der Waals surface area contributed by atoms with Crippen molar-refractivity contribution in [2.45, 2.75) is 32.7 Å². The molecule has 1 saturated heterocycles. The zero-order valence-electron chi connectivity index (χ0n) is 12.1. The maximum absolute atomic E-state index is 13.1. The van der Waals surface area contributed by atoms with Crippen LogP contribution in [-0.4, -0.2) is 42.4 Å². The molecule has 1 aliphatic heterocycles. The molecule has 0 saturated carbocycles. The van der Waals surface area contributed by atoms with Gasteiger partial charge in [-0.15, -0.1) is 0 Å². The van der Waals surface area contributed by atoms with E-state index in [9.17, 15) is 4.79 Å². The minimum Gasteiger partial charge on any atom is -0.383 e. The number of ketones is 1. The van der Waals surface area contributed by atoms with Crippen molar-refractivity contribution in [2.24, 2.45) is 5.41 Å². The third kappa shape index (κ3) is 2.97. The Bertz CT molecular complexity index is 467. The van der Waals surface area contributed by atoms with E-state index in [1.54, 1.807) is 18.0 Å². The maximum Gasteiger partial charge on any atom is 0.188 e. The van der Waals surface area contributed by atoms with Gasteiger partial charge in [0, 0.05) is 12.5 Å². The molecule has 20 heavy (non-hydrogen) atoms.